The number of amides is 1. The number of benzene rings is 1. The van der Waals surface area contributed by atoms with E-state index in [4.69, 9.17) is 4.52 Å². The highest BCUT2D eigenvalue weighted by Gasteiger charge is 2.22. The van der Waals surface area contributed by atoms with Gasteiger partial charge in [0.05, 0.1) is 0 Å². The van der Waals surface area contributed by atoms with E-state index in [2.05, 4.69) is 31.4 Å². The van der Waals surface area contributed by atoms with Crippen LogP contribution < -0.4 is 5.32 Å². The van der Waals surface area contributed by atoms with Crippen molar-refractivity contribution >= 4 is 27.8 Å². The zero-order chi connectivity index (χ0) is 16.1. The number of carbonyl (C=O) groups is 2. The molecule has 0 saturated heterocycles. The Morgan fingerprint density at radius 2 is 2.05 bits per heavy atom. The van der Waals surface area contributed by atoms with Crippen molar-refractivity contribution in [2.24, 2.45) is 0 Å². The average molecular weight is 368 g/mol. The van der Waals surface area contributed by atoms with Crippen molar-refractivity contribution in [3.8, 4) is 0 Å². The third kappa shape index (κ3) is 4.39. The number of halogens is 1. The number of nitrogens with zero attached hydrogens (tertiary/aromatic N) is 2. The van der Waals surface area contributed by atoms with Crippen molar-refractivity contribution in [3.63, 3.8) is 0 Å². The lowest BCUT2D eigenvalue weighted by Crippen LogP contribution is -2.33. The van der Waals surface area contributed by atoms with Crippen molar-refractivity contribution in [2.45, 2.75) is 25.8 Å². The summed E-state index contributed by atoms with van der Waals surface area (Å²) in [6, 6.07) is 5.64. The van der Waals surface area contributed by atoms with Gasteiger partial charge < -0.3 is 14.9 Å². The van der Waals surface area contributed by atoms with E-state index < -0.39 is 17.9 Å². The van der Waals surface area contributed by atoms with Gasteiger partial charge in [-0.25, -0.2) is 4.79 Å². The summed E-state index contributed by atoms with van der Waals surface area (Å²) in [5.41, 5.74) is 0.498. The quantitative estimate of drug-likeness (QED) is 0.808. The SMILES string of the molecule is Cc1noc(CCC(=O)NC(C(=O)O)c2ccc(Br)cc2)n1. The van der Waals surface area contributed by atoms with E-state index in [1.165, 1.54) is 0 Å². The molecular formula is C14H14BrN3O4. The number of aliphatic carboxylic acids is 1. The predicted molar refractivity (Wildman–Crippen MR) is 80.0 cm³/mol. The fourth-order valence-electron chi connectivity index (χ4n) is 1.84. The highest BCUT2D eigenvalue weighted by Crippen LogP contribution is 2.17. The molecule has 1 heterocycles. The van der Waals surface area contributed by atoms with Crippen LogP contribution in [0.2, 0.25) is 0 Å². The van der Waals surface area contributed by atoms with Crippen LogP contribution >= 0.6 is 15.9 Å². The average Bonchev–Trinajstić information content (AvgIpc) is 2.89. The molecule has 1 unspecified atom stereocenters. The minimum absolute atomic E-state index is 0.0714. The second-order valence-corrected chi connectivity index (χ2v) is 5.54. The molecule has 1 aromatic heterocycles. The molecule has 0 bridgehead atoms. The highest BCUT2D eigenvalue weighted by atomic mass is 79.9. The summed E-state index contributed by atoms with van der Waals surface area (Å²) < 4.78 is 5.73. The van der Waals surface area contributed by atoms with Gasteiger partial charge in [0.1, 0.15) is 0 Å². The number of carbonyl (C=O) groups excluding carboxylic acids is 1. The molecule has 2 N–H and O–H groups in total. The lowest BCUT2D eigenvalue weighted by atomic mass is 10.1. The number of aryl methyl sites for hydroxylation is 2. The highest BCUT2D eigenvalue weighted by molar-refractivity contribution is 9.10. The van der Waals surface area contributed by atoms with Gasteiger partial charge in [-0.1, -0.05) is 33.2 Å². The maximum absolute atomic E-state index is 11.9. The zero-order valence-corrected chi connectivity index (χ0v) is 13.3. The Labute approximate surface area is 134 Å². The lowest BCUT2D eigenvalue weighted by molar-refractivity contribution is -0.142. The van der Waals surface area contributed by atoms with Gasteiger partial charge in [-0.15, -0.1) is 0 Å². The Morgan fingerprint density at radius 1 is 1.36 bits per heavy atom. The smallest absolute Gasteiger partial charge is 0.330 e. The van der Waals surface area contributed by atoms with Crippen LogP contribution in [0.15, 0.2) is 33.3 Å². The van der Waals surface area contributed by atoms with E-state index in [0.717, 1.165) is 4.47 Å². The second-order valence-electron chi connectivity index (χ2n) is 4.63. The summed E-state index contributed by atoms with van der Waals surface area (Å²) in [4.78, 5) is 27.2. The van der Waals surface area contributed by atoms with Crippen LogP contribution in [-0.2, 0) is 16.0 Å². The van der Waals surface area contributed by atoms with Gasteiger partial charge in [-0.05, 0) is 24.6 Å². The molecule has 22 heavy (non-hydrogen) atoms. The summed E-state index contributed by atoms with van der Waals surface area (Å²) in [6.07, 6.45) is 0.335. The Morgan fingerprint density at radius 3 is 2.59 bits per heavy atom. The van der Waals surface area contributed by atoms with Gasteiger partial charge in [-0.3, -0.25) is 4.79 Å². The molecule has 0 saturated carbocycles. The third-order valence-corrected chi connectivity index (χ3v) is 3.42. The first-order valence-corrected chi connectivity index (χ1v) is 7.32. The number of carboxylic acids is 1. The molecule has 1 atom stereocenters. The van der Waals surface area contributed by atoms with Crippen molar-refractivity contribution in [2.75, 3.05) is 0 Å². The molecule has 2 aromatic rings. The van der Waals surface area contributed by atoms with Crippen molar-refractivity contribution < 1.29 is 19.2 Å². The maximum atomic E-state index is 11.9. The van der Waals surface area contributed by atoms with Crippen LogP contribution in [0.3, 0.4) is 0 Å². The number of carboxylic acid groups (broad SMARTS) is 1. The summed E-state index contributed by atoms with van der Waals surface area (Å²) in [5.74, 6) is -0.674. The normalized spacial score (nSPS) is 11.9. The van der Waals surface area contributed by atoms with E-state index in [1.54, 1.807) is 31.2 Å². The molecule has 1 aromatic carbocycles. The van der Waals surface area contributed by atoms with E-state index in [-0.39, 0.29) is 12.8 Å². The lowest BCUT2D eigenvalue weighted by Gasteiger charge is -2.14. The fourth-order valence-corrected chi connectivity index (χ4v) is 2.10. The van der Waals surface area contributed by atoms with E-state index in [9.17, 15) is 14.7 Å². The van der Waals surface area contributed by atoms with Crippen LogP contribution in [0.25, 0.3) is 0 Å². The first-order valence-electron chi connectivity index (χ1n) is 6.52. The molecule has 0 fully saturated rings. The summed E-state index contributed by atoms with van der Waals surface area (Å²) in [6.45, 7) is 1.68. The summed E-state index contributed by atoms with van der Waals surface area (Å²) in [5, 5.41) is 15.4. The first-order chi connectivity index (χ1) is 10.5. The molecule has 7 nitrogen and oxygen atoms in total. The van der Waals surface area contributed by atoms with Gasteiger partial charge in [0, 0.05) is 17.3 Å². The second kappa shape index (κ2) is 7.17. The Kier molecular flexibility index (Phi) is 5.26. The van der Waals surface area contributed by atoms with E-state index >= 15 is 0 Å². The van der Waals surface area contributed by atoms with Crippen molar-refractivity contribution in [1.82, 2.24) is 15.5 Å². The number of rotatable bonds is 6. The van der Waals surface area contributed by atoms with Crippen molar-refractivity contribution in [3.05, 3.63) is 46.0 Å². The Bertz CT molecular complexity index is 669. The Hall–Kier alpha value is -2.22. The van der Waals surface area contributed by atoms with Gasteiger partial charge in [0.2, 0.25) is 11.8 Å². The van der Waals surface area contributed by atoms with Crippen molar-refractivity contribution in [1.29, 1.82) is 0 Å². The van der Waals surface area contributed by atoms with Gasteiger partial charge >= 0.3 is 5.97 Å². The minimum Gasteiger partial charge on any atom is -0.479 e. The van der Waals surface area contributed by atoms with Gasteiger partial charge in [-0.2, -0.15) is 4.98 Å². The summed E-state index contributed by atoms with van der Waals surface area (Å²) >= 11 is 3.28. The summed E-state index contributed by atoms with van der Waals surface area (Å²) in [7, 11) is 0. The van der Waals surface area contributed by atoms with Crippen LogP contribution in [0, 0.1) is 6.92 Å². The van der Waals surface area contributed by atoms with Crippen LogP contribution in [-0.4, -0.2) is 27.1 Å². The first kappa shape index (κ1) is 16.2. The third-order valence-electron chi connectivity index (χ3n) is 2.89. The van der Waals surface area contributed by atoms with Crippen LogP contribution in [0.1, 0.15) is 29.7 Å². The monoisotopic (exact) mass is 367 g/mol. The molecule has 2 rings (SSSR count). The van der Waals surface area contributed by atoms with Gasteiger partial charge in [0.25, 0.3) is 0 Å². The van der Waals surface area contributed by atoms with Crippen LogP contribution in [0.5, 0.6) is 0 Å². The molecule has 0 aliphatic heterocycles. The maximum Gasteiger partial charge on any atom is 0.330 e. The van der Waals surface area contributed by atoms with E-state index in [0.29, 0.717) is 17.3 Å². The fraction of sp³-hybridized carbons (Fsp3) is 0.286. The molecule has 1 amide bonds. The zero-order valence-electron chi connectivity index (χ0n) is 11.7. The molecule has 116 valence electrons. The number of hydrogen-bond donors (Lipinski definition) is 2. The molecule has 0 radical (unpaired) electrons. The molecular weight excluding hydrogens is 354 g/mol. The predicted octanol–water partition coefficient (Wildman–Crippen LogP) is 2.02. The minimum atomic E-state index is -1.12. The molecule has 0 aliphatic rings. The molecule has 0 spiro atoms. The number of aromatic nitrogens is 2. The number of hydrogen-bond acceptors (Lipinski definition) is 5. The van der Waals surface area contributed by atoms with E-state index in [1.807, 2.05) is 0 Å². The van der Waals surface area contributed by atoms with Gasteiger partial charge in [0.15, 0.2) is 11.9 Å². The molecule has 0 aliphatic carbocycles. The topological polar surface area (TPSA) is 105 Å². The Balaban J connectivity index is 1.97. The number of nitrogens with one attached hydrogen (secondary N) is 1. The largest absolute Gasteiger partial charge is 0.479 e. The molecule has 8 heteroatoms. The standard InChI is InChI=1S/C14H14BrN3O4/c1-8-16-12(22-18-8)7-6-11(19)17-13(14(20)21)9-2-4-10(15)5-3-9/h2-5,13H,6-7H2,1H3,(H,17,19)(H,20,21). The van der Waals surface area contributed by atoms with Crippen LogP contribution in [0.4, 0.5) is 0 Å².